The van der Waals surface area contributed by atoms with E-state index in [1.165, 1.54) is 13.3 Å². The quantitative estimate of drug-likeness (QED) is 0.556. The molecule has 1 aromatic rings. The lowest BCUT2D eigenvalue weighted by molar-refractivity contribution is -0.117. The first kappa shape index (κ1) is 24.0. The third-order valence-corrected chi connectivity index (χ3v) is 6.26. The van der Waals surface area contributed by atoms with Crippen molar-refractivity contribution in [2.45, 2.75) is 59.0 Å². The molecule has 1 N–H and O–H groups in total. The lowest BCUT2D eigenvalue weighted by atomic mass is 9.80. The summed E-state index contributed by atoms with van der Waals surface area (Å²) in [5, 5.41) is 2.65. The predicted octanol–water partition coefficient (Wildman–Crippen LogP) is 5.60. The number of benzene rings is 1. The molecule has 0 spiro atoms. The van der Waals surface area contributed by atoms with Crippen molar-refractivity contribution in [2.24, 2.45) is 16.8 Å². The smallest absolute Gasteiger partial charge is 0.312 e. The van der Waals surface area contributed by atoms with Crippen molar-refractivity contribution >= 4 is 17.3 Å². The lowest BCUT2D eigenvalue weighted by Gasteiger charge is -2.27. The van der Waals surface area contributed by atoms with Crippen molar-refractivity contribution in [1.82, 2.24) is 10.2 Å². The van der Waals surface area contributed by atoms with Crippen LogP contribution >= 0.6 is 0 Å². The predicted molar refractivity (Wildman–Crippen MR) is 123 cm³/mol. The van der Waals surface area contributed by atoms with Gasteiger partial charge in [-0.1, -0.05) is 26.3 Å². The van der Waals surface area contributed by atoms with Crippen LogP contribution in [-0.4, -0.2) is 35.7 Å². The van der Waals surface area contributed by atoms with Gasteiger partial charge in [-0.15, -0.1) is 0 Å². The minimum atomic E-state index is -1.74. The number of likely N-dealkylation sites (tertiary alicyclic amines) is 1. The van der Waals surface area contributed by atoms with E-state index in [0.29, 0.717) is 36.9 Å². The highest BCUT2D eigenvalue weighted by atomic mass is 19.3. The fraction of sp³-hybridized carbons (Fsp3) is 0.520. The molecule has 3 rings (SSSR count). The minimum Gasteiger partial charge on any atom is -0.489 e. The third kappa shape index (κ3) is 6.40. The third-order valence-electron chi connectivity index (χ3n) is 6.26. The van der Waals surface area contributed by atoms with Crippen molar-refractivity contribution in [3.8, 4) is 5.75 Å². The Bertz CT molecular complexity index is 891. The molecular weight excluding hydrogens is 412 g/mol. The molecule has 0 bridgehead atoms. The van der Waals surface area contributed by atoms with Crippen LogP contribution in [0.25, 0.3) is 5.70 Å². The Morgan fingerprint density at radius 3 is 2.53 bits per heavy atom. The molecule has 174 valence electrons. The second kappa shape index (κ2) is 10.7. The van der Waals surface area contributed by atoms with E-state index in [0.717, 1.165) is 30.5 Å². The van der Waals surface area contributed by atoms with Crippen molar-refractivity contribution in [2.75, 3.05) is 13.1 Å². The molecule has 1 aliphatic heterocycles. The van der Waals surface area contributed by atoms with E-state index in [1.807, 2.05) is 19.1 Å². The molecule has 5 nitrogen and oxygen atoms in total. The number of aliphatic imine (C=N–C) groups is 1. The maximum atomic E-state index is 13.8. The van der Waals surface area contributed by atoms with Crippen molar-refractivity contribution in [3.05, 3.63) is 48.3 Å². The highest BCUT2D eigenvalue weighted by Gasteiger charge is 2.29. The van der Waals surface area contributed by atoms with Crippen LogP contribution < -0.4 is 10.1 Å². The number of hydrogen-bond acceptors (Lipinski definition) is 4. The van der Waals surface area contributed by atoms with Gasteiger partial charge in [0.15, 0.2) is 5.82 Å². The first-order valence-electron chi connectivity index (χ1n) is 11.3. The first-order chi connectivity index (χ1) is 15.2. The Morgan fingerprint density at radius 1 is 1.19 bits per heavy atom. The van der Waals surface area contributed by atoms with Crippen molar-refractivity contribution in [3.63, 3.8) is 0 Å². The van der Waals surface area contributed by atoms with E-state index >= 15 is 0 Å². The molecule has 0 radical (unpaired) electrons. The summed E-state index contributed by atoms with van der Waals surface area (Å²) in [5.74, 6) is 1.16. The van der Waals surface area contributed by atoms with E-state index in [9.17, 15) is 13.6 Å². The second-order valence-corrected chi connectivity index (χ2v) is 8.96. The van der Waals surface area contributed by atoms with Crippen LogP contribution in [0.4, 0.5) is 8.78 Å². The molecule has 1 aliphatic carbocycles. The summed E-state index contributed by atoms with van der Waals surface area (Å²) in [7, 11) is 0. The molecule has 2 fully saturated rings. The maximum Gasteiger partial charge on any atom is 0.312 e. The first-order valence-corrected chi connectivity index (χ1v) is 11.3. The largest absolute Gasteiger partial charge is 0.489 e. The Kier molecular flexibility index (Phi) is 8.04. The number of nitrogens with one attached hydrogen (secondary N) is 1. The average Bonchev–Trinajstić information content (AvgIpc) is 3.19. The van der Waals surface area contributed by atoms with E-state index in [4.69, 9.17) is 4.74 Å². The van der Waals surface area contributed by atoms with Crippen LogP contribution in [0.15, 0.2) is 47.7 Å². The van der Waals surface area contributed by atoms with Gasteiger partial charge < -0.3 is 15.0 Å². The Hall–Kier alpha value is -2.70. The van der Waals surface area contributed by atoms with Gasteiger partial charge in [-0.2, -0.15) is 8.78 Å². The number of hydrogen-bond donors (Lipinski definition) is 1. The molecule has 1 amide bonds. The molecule has 3 atom stereocenters. The van der Waals surface area contributed by atoms with Gasteiger partial charge in [-0.3, -0.25) is 4.79 Å². The maximum absolute atomic E-state index is 13.8. The molecule has 1 saturated carbocycles. The number of nitrogens with zero attached hydrogens (tertiary/aromatic N) is 2. The summed E-state index contributed by atoms with van der Waals surface area (Å²) in [5.41, 5.74) is 2.11. The van der Waals surface area contributed by atoms with Crippen LogP contribution in [0, 0.1) is 11.8 Å². The van der Waals surface area contributed by atoms with E-state index in [2.05, 4.69) is 23.8 Å². The van der Waals surface area contributed by atoms with Crippen molar-refractivity contribution < 1.29 is 18.3 Å². The van der Waals surface area contributed by atoms with E-state index in [-0.39, 0.29) is 23.8 Å². The summed E-state index contributed by atoms with van der Waals surface area (Å²) in [6.07, 6.45) is 3.09. The van der Waals surface area contributed by atoms with Gasteiger partial charge in [0.05, 0.1) is 6.54 Å². The monoisotopic (exact) mass is 445 g/mol. The van der Waals surface area contributed by atoms with Gasteiger partial charge in [0, 0.05) is 31.3 Å². The number of carbonyl (C=O) groups excluding carboxylic acids is 1. The standard InChI is InChI=1S/C25H33F2N3O2/c1-16-6-5-7-21(14-16)18(3)29-25(24(26)27)30-13-12-23(15-30)32-22-10-8-20(9-11-22)17(2)28-19(4)31/h8-11,16,21,23H,2,5-7,12-15H2,1,3-4H3,(H,28,31)/b29-18+/t16-,21?,23+/m0/s1. The summed E-state index contributed by atoms with van der Waals surface area (Å²) < 4.78 is 33.6. The van der Waals surface area contributed by atoms with Gasteiger partial charge >= 0.3 is 6.08 Å². The highest BCUT2D eigenvalue weighted by molar-refractivity contribution is 5.85. The molecule has 32 heavy (non-hydrogen) atoms. The highest BCUT2D eigenvalue weighted by Crippen LogP contribution is 2.31. The molecule has 0 aromatic heterocycles. The summed E-state index contributed by atoms with van der Waals surface area (Å²) in [6, 6.07) is 7.21. The topological polar surface area (TPSA) is 53.9 Å². The molecule has 1 heterocycles. The van der Waals surface area contributed by atoms with Crippen LogP contribution in [0.1, 0.15) is 58.4 Å². The summed E-state index contributed by atoms with van der Waals surface area (Å²) >= 11 is 0. The minimum absolute atomic E-state index is 0.179. The number of rotatable bonds is 7. The Labute approximate surface area is 189 Å². The molecule has 1 saturated heterocycles. The zero-order valence-electron chi connectivity index (χ0n) is 19.2. The molecule has 2 aliphatic rings. The zero-order valence-corrected chi connectivity index (χ0v) is 19.2. The molecular formula is C25H33F2N3O2. The second-order valence-electron chi connectivity index (χ2n) is 8.96. The van der Waals surface area contributed by atoms with E-state index < -0.39 is 6.08 Å². The van der Waals surface area contributed by atoms with Crippen LogP contribution in [0.2, 0.25) is 0 Å². The van der Waals surface area contributed by atoms with Gasteiger partial charge in [-0.25, -0.2) is 4.99 Å². The SMILES string of the molecule is C=C(NC(C)=O)c1ccc(O[C@@H]2CCN(C(/N=C(\C)C3CCC[C@H](C)C3)=C(F)F)C2)cc1. The molecule has 1 unspecified atom stereocenters. The lowest BCUT2D eigenvalue weighted by Crippen LogP contribution is -2.26. The van der Waals surface area contributed by atoms with Gasteiger partial charge in [0.2, 0.25) is 5.91 Å². The normalized spacial score (nSPS) is 23.6. The fourth-order valence-electron chi connectivity index (χ4n) is 4.53. The summed E-state index contributed by atoms with van der Waals surface area (Å²) in [4.78, 5) is 17.2. The van der Waals surface area contributed by atoms with Gasteiger partial charge in [-0.05, 0) is 61.4 Å². The fourth-order valence-corrected chi connectivity index (χ4v) is 4.53. The Balaban J connectivity index is 1.60. The number of ether oxygens (including phenoxy) is 1. The molecule has 7 heteroatoms. The van der Waals surface area contributed by atoms with Gasteiger partial charge in [0.25, 0.3) is 0 Å². The number of carbonyl (C=O) groups is 1. The molecule has 1 aromatic carbocycles. The van der Waals surface area contributed by atoms with Gasteiger partial charge in [0.1, 0.15) is 11.9 Å². The average molecular weight is 446 g/mol. The zero-order chi connectivity index (χ0) is 23.3. The van der Waals surface area contributed by atoms with Crippen LogP contribution in [-0.2, 0) is 4.79 Å². The van der Waals surface area contributed by atoms with E-state index in [1.54, 1.807) is 17.0 Å². The number of halogens is 2. The van der Waals surface area contributed by atoms with Crippen molar-refractivity contribution in [1.29, 1.82) is 0 Å². The van der Waals surface area contributed by atoms with Crippen LogP contribution in [0.5, 0.6) is 5.75 Å². The number of amides is 1. The van der Waals surface area contributed by atoms with Crippen LogP contribution in [0.3, 0.4) is 0 Å². The Morgan fingerprint density at radius 2 is 1.91 bits per heavy atom. The summed E-state index contributed by atoms with van der Waals surface area (Å²) in [6.45, 7) is 10.2.